The first-order chi connectivity index (χ1) is 14.0. The minimum absolute atomic E-state index is 0.00376. The third-order valence-corrected chi connectivity index (χ3v) is 5.03. The van der Waals surface area contributed by atoms with Crippen LogP contribution in [-0.2, 0) is 20.8 Å². The van der Waals surface area contributed by atoms with Crippen molar-refractivity contribution in [1.29, 1.82) is 0 Å². The second-order valence-electron chi connectivity index (χ2n) is 7.28. The van der Waals surface area contributed by atoms with Crippen molar-refractivity contribution in [3.05, 3.63) is 35.9 Å². The molecule has 8 heteroatoms. The van der Waals surface area contributed by atoms with E-state index in [1.807, 2.05) is 30.3 Å². The Hall–Kier alpha value is -2.90. The fraction of sp³-hybridized carbons (Fsp3) is 0.524. The summed E-state index contributed by atoms with van der Waals surface area (Å²) >= 11 is 0. The topological polar surface area (TPSA) is 131 Å². The molecule has 0 saturated carbocycles. The van der Waals surface area contributed by atoms with Gasteiger partial charge in [0.1, 0.15) is 12.3 Å². The van der Waals surface area contributed by atoms with Crippen LogP contribution >= 0.6 is 0 Å². The maximum atomic E-state index is 12.6. The van der Waals surface area contributed by atoms with Crippen LogP contribution < -0.4 is 16.8 Å². The Labute approximate surface area is 171 Å². The normalized spacial score (nSPS) is 16.8. The molecule has 2 atom stereocenters. The first-order valence-corrected chi connectivity index (χ1v) is 10.2. The zero-order valence-corrected chi connectivity index (χ0v) is 16.8. The monoisotopic (exact) mass is 401 g/mol. The molecule has 0 aromatic heterocycles. The highest BCUT2D eigenvalue weighted by molar-refractivity contribution is 5.89. The van der Waals surface area contributed by atoms with E-state index in [1.54, 1.807) is 4.90 Å². The van der Waals surface area contributed by atoms with Crippen LogP contribution in [0.2, 0.25) is 0 Å². The molecule has 1 saturated heterocycles. The maximum Gasteiger partial charge on any atom is 0.243 e. The van der Waals surface area contributed by atoms with Gasteiger partial charge < -0.3 is 26.5 Å². The number of benzene rings is 1. The first kappa shape index (κ1) is 22.4. The summed E-state index contributed by atoms with van der Waals surface area (Å²) in [6.07, 6.45) is 5.14. The number of nitrogens with one attached hydrogen (secondary N) is 1. The molecule has 1 heterocycles. The lowest BCUT2D eigenvalue weighted by Crippen LogP contribution is -2.49. The number of aldehydes is 1. The van der Waals surface area contributed by atoms with Crippen LogP contribution in [0.4, 0.5) is 0 Å². The van der Waals surface area contributed by atoms with E-state index in [0.717, 1.165) is 19.3 Å². The van der Waals surface area contributed by atoms with Crippen LogP contribution in [0.3, 0.4) is 0 Å². The third-order valence-electron chi connectivity index (χ3n) is 5.03. The van der Waals surface area contributed by atoms with Crippen LogP contribution in [0.5, 0.6) is 0 Å². The van der Waals surface area contributed by atoms with Crippen molar-refractivity contribution >= 4 is 24.1 Å². The number of hydrogen-bond donors (Lipinski definition) is 3. The van der Waals surface area contributed by atoms with Gasteiger partial charge in [-0.25, -0.2) is 0 Å². The second-order valence-corrected chi connectivity index (χ2v) is 7.28. The van der Waals surface area contributed by atoms with Gasteiger partial charge in [-0.15, -0.1) is 0 Å². The number of guanidine groups is 1. The highest BCUT2D eigenvalue weighted by Crippen LogP contribution is 2.20. The molecule has 1 fully saturated rings. The minimum atomic E-state index is -0.604. The fourth-order valence-corrected chi connectivity index (χ4v) is 3.54. The molecule has 0 aliphatic carbocycles. The Morgan fingerprint density at radius 1 is 1.24 bits per heavy atom. The molecule has 0 bridgehead atoms. The summed E-state index contributed by atoms with van der Waals surface area (Å²) < 4.78 is 0. The average molecular weight is 402 g/mol. The molecule has 29 heavy (non-hydrogen) atoms. The molecule has 0 spiro atoms. The van der Waals surface area contributed by atoms with Gasteiger partial charge >= 0.3 is 0 Å². The maximum absolute atomic E-state index is 12.6. The van der Waals surface area contributed by atoms with Crippen LogP contribution in [0.15, 0.2) is 35.3 Å². The molecular formula is C21H31N5O3. The quantitative estimate of drug-likeness (QED) is 0.218. The molecule has 0 unspecified atom stereocenters. The number of aryl methyl sites for hydroxylation is 1. The highest BCUT2D eigenvalue weighted by atomic mass is 16.2. The summed E-state index contributed by atoms with van der Waals surface area (Å²) in [5.41, 5.74) is 11.7. The van der Waals surface area contributed by atoms with Gasteiger partial charge in [0.15, 0.2) is 5.96 Å². The lowest BCUT2D eigenvalue weighted by molar-refractivity contribution is -0.139. The number of rotatable bonds is 11. The average Bonchev–Trinajstić information content (AvgIpc) is 3.21. The number of hydrogen-bond acceptors (Lipinski definition) is 4. The van der Waals surface area contributed by atoms with Gasteiger partial charge in [-0.2, -0.15) is 0 Å². The van der Waals surface area contributed by atoms with E-state index in [1.165, 1.54) is 5.56 Å². The predicted octanol–water partition coefficient (Wildman–Crippen LogP) is 0.738. The molecule has 0 radical (unpaired) electrons. The van der Waals surface area contributed by atoms with Crippen LogP contribution in [0.1, 0.15) is 44.1 Å². The lowest BCUT2D eigenvalue weighted by Gasteiger charge is -2.25. The van der Waals surface area contributed by atoms with Crippen molar-refractivity contribution in [3.8, 4) is 0 Å². The van der Waals surface area contributed by atoms with Gasteiger partial charge in [0.05, 0.1) is 6.04 Å². The summed E-state index contributed by atoms with van der Waals surface area (Å²) in [7, 11) is 0. The van der Waals surface area contributed by atoms with Gasteiger partial charge in [0.25, 0.3) is 0 Å². The lowest BCUT2D eigenvalue weighted by atomic mass is 10.1. The van der Waals surface area contributed by atoms with Crippen molar-refractivity contribution in [2.45, 2.75) is 57.0 Å². The van der Waals surface area contributed by atoms with E-state index >= 15 is 0 Å². The molecule has 1 aliphatic rings. The van der Waals surface area contributed by atoms with E-state index in [2.05, 4.69) is 10.3 Å². The first-order valence-electron chi connectivity index (χ1n) is 10.2. The van der Waals surface area contributed by atoms with Gasteiger partial charge in [-0.3, -0.25) is 14.6 Å². The smallest absolute Gasteiger partial charge is 0.243 e. The number of amides is 2. The summed E-state index contributed by atoms with van der Waals surface area (Å²) in [6, 6.07) is 8.92. The molecule has 5 N–H and O–H groups in total. The van der Waals surface area contributed by atoms with Gasteiger partial charge in [0, 0.05) is 19.5 Å². The number of nitrogens with zero attached hydrogens (tertiary/aromatic N) is 2. The fourth-order valence-electron chi connectivity index (χ4n) is 3.54. The van der Waals surface area contributed by atoms with Crippen molar-refractivity contribution in [2.24, 2.45) is 16.5 Å². The Bertz CT molecular complexity index is 704. The molecule has 2 rings (SSSR count). The van der Waals surface area contributed by atoms with E-state index in [0.29, 0.717) is 45.1 Å². The van der Waals surface area contributed by atoms with E-state index in [4.69, 9.17) is 11.5 Å². The summed E-state index contributed by atoms with van der Waals surface area (Å²) in [5.74, 6) is -0.268. The molecule has 158 valence electrons. The Morgan fingerprint density at radius 2 is 2.00 bits per heavy atom. The molecule has 2 amide bonds. The SMILES string of the molecule is NC(N)=NCCC[C@@H](C=O)NC(=O)[C@@H]1CCCN1C(=O)CCCc1ccccc1. The van der Waals surface area contributed by atoms with E-state index in [9.17, 15) is 14.4 Å². The number of carbonyl (C=O) groups is 3. The van der Waals surface area contributed by atoms with Crippen LogP contribution in [-0.4, -0.2) is 54.1 Å². The van der Waals surface area contributed by atoms with Crippen LogP contribution in [0, 0.1) is 0 Å². The predicted molar refractivity (Wildman–Crippen MR) is 112 cm³/mol. The van der Waals surface area contributed by atoms with Gasteiger partial charge in [-0.05, 0) is 44.1 Å². The largest absolute Gasteiger partial charge is 0.370 e. The minimum Gasteiger partial charge on any atom is -0.370 e. The number of nitrogens with two attached hydrogens (primary N) is 2. The highest BCUT2D eigenvalue weighted by Gasteiger charge is 2.34. The summed E-state index contributed by atoms with van der Waals surface area (Å²) in [4.78, 5) is 42.1. The molecule has 1 aromatic rings. The van der Waals surface area contributed by atoms with Crippen molar-refractivity contribution < 1.29 is 14.4 Å². The molecule has 8 nitrogen and oxygen atoms in total. The molecular weight excluding hydrogens is 370 g/mol. The zero-order valence-electron chi connectivity index (χ0n) is 16.8. The number of carbonyl (C=O) groups excluding carboxylic acids is 3. The van der Waals surface area contributed by atoms with Gasteiger partial charge in [0.2, 0.25) is 11.8 Å². The Balaban J connectivity index is 1.79. The molecule has 1 aromatic carbocycles. The van der Waals surface area contributed by atoms with E-state index < -0.39 is 12.1 Å². The van der Waals surface area contributed by atoms with Crippen molar-refractivity contribution in [1.82, 2.24) is 10.2 Å². The third kappa shape index (κ3) is 7.56. The molecule has 1 aliphatic heterocycles. The Morgan fingerprint density at radius 3 is 2.69 bits per heavy atom. The Kier molecular flexibility index (Phi) is 9.14. The summed E-state index contributed by atoms with van der Waals surface area (Å²) in [6.45, 7) is 0.983. The van der Waals surface area contributed by atoms with Gasteiger partial charge in [-0.1, -0.05) is 30.3 Å². The van der Waals surface area contributed by atoms with Crippen LogP contribution in [0.25, 0.3) is 0 Å². The zero-order chi connectivity index (χ0) is 21.1. The van der Waals surface area contributed by atoms with E-state index in [-0.39, 0.29) is 17.8 Å². The number of likely N-dealkylation sites (tertiary alicyclic amines) is 1. The second kappa shape index (κ2) is 11.8. The van der Waals surface area contributed by atoms with Crippen molar-refractivity contribution in [3.63, 3.8) is 0 Å². The standard InChI is InChI=1S/C21H31N5O3/c22-21(23)24-13-5-10-17(15-27)25-20(29)18-11-6-14-26(18)19(28)12-4-9-16-7-2-1-3-8-16/h1-3,7-8,15,17-18H,4-6,9-14H2,(H,25,29)(H4,22,23,24)/t17-,18-/m0/s1. The summed E-state index contributed by atoms with van der Waals surface area (Å²) in [5, 5.41) is 2.75. The number of aliphatic imine (C=N–C) groups is 1. The van der Waals surface area contributed by atoms with Crippen molar-refractivity contribution in [2.75, 3.05) is 13.1 Å².